The van der Waals surface area contributed by atoms with E-state index in [9.17, 15) is 23.7 Å². The van der Waals surface area contributed by atoms with E-state index in [-0.39, 0.29) is 22.9 Å². The topological polar surface area (TPSA) is 122 Å². The molecular weight excluding hydrogens is 410 g/mol. The fourth-order valence-corrected chi connectivity index (χ4v) is 2.37. The number of hydrazine groups is 1. The average Bonchev–Trinajstić information content (AvgIpc) is 2.68. The number of rotatable bonds is 6. The first kappa shape index (κ1) is 19.9. The van der Waals surface area contributed by atoms with Crippen molar-refractivity contribution in [2.24, 2.45) is 0 Å². The molecule has 0 radical (unpaired) electrons. The second-order valence-electron chi connectivity index (χ2n) is 5.51. The summed E-state index contributed by atoms with van der Waals surface area (Å²) in [6, 6.07) is 8.57. The van der Waals surface area contributed by atoms with Gasteiger partial charge in [0.15, 0.2) is 0 Å². The van der Waals surface area contributed by atoms with Gasteiger partial charge in [-0.2, -0.15) is 0 Å². The summed E-state index contributed by atoms with van der Waals surface area (Å²) in [6.45, 7) is 0. The molecule has 0 bridgehead atoms. The summed E-state index contributed by atoms with van der Waals surface area (Å²) in [5.41, 5.74) is 3.95. The maximum atomic E-state index is 13.8. The van der Waals surface area contributed by atoms with Gasteiger partial charge in [-0.05, 0) is 36.4 Å². The zero-order valence-corrected chi connectivity index (χ0v) is 15.1. The van der Waals surface area contributed by atoms with E-state index in [0.29, 0.717) is 11.1 Å². The van der Waals surface area contributed by atoms with Gasteiger partial charge in [-0.3, -0.25) is 25.8 Å². The molecule has 0 aliphatic heterocycles. The molecular formula is C17H11ClF2N6O3. The van der Waals surface area contributed by atoms with Gasteiger partial charge in [0.2, 0.25) is 11.6 Å². The monoisotopic (exact) mass is 420 g/mol. The molecule has 29 heavy (non-hydrogen) atoms. The first-order chi connectivity index (χ1) is 13.8. The fourth-order valence-electron chi connectivity index (χ4n) is 2.24. The smallest absolute Gasteiger partial charge is 0.332 e. The lowest BCUT2D eigenvalue weighted by Crippen LogP contribution is -2.30. The highest BCUT2D eigenvalue weighted by Crippen LogP contribution is 2.31. The van der Waals surface area contributed by atoms with Crippen LogP contribution in [0.25, 0.3) is 0 Å². The van der Waals surface area contributed by atoms with E-state index in [1.807, 2.05) is 0 Å². The van der Waals surface area contributed by atoms with Crippen LogP contribution in [0, 0.1) is 21.7 Å². The highest BCUT2D eigenvalue weighted by atomic mass is 35.5. The lowest BCUT2D eigenvalue weighted by molar-refractivity contribution is -0.383. The second kappa shape index (κ2) is 8.44. The molecule has 0 aliphatic rings. The minimum absolute atomic E-state index is 0.232. The highest BCUT2D eigenvalue weighted by Gasteiger charge is 2.24. The Morgan fingerprint density at radius 3 is 2.41 bits per heavy atom. The van der Waals surface area contributed by atoms with Crippen LogP contribution in [0.2, 0.25) is 5.02 Å². The SMILES string of the molecule is O=C(NNc1ncnc(Nc2ccc(F)cc2F)c1[N+](=O)[O-])c1ccc(Cl)cc1. The lowest BCUT2D eigenvalue weighted by Gasteiger charge is -2.11. The third kappa shape index (κ3) is 4.71. The third-order valence-corrected chi connectivity index (χ3v) is 3.84. The zero-order chi connectivity index (χ0) is 21.0. The number of anilines is 3. The number of nitrogens with one attached hydrogen (secondary N) is 3. The van der Waals surface area contributed by atoms with Crippen LogP contribution >= 0.6 is 11.6 Å². The van der Waals surface area contributed by atoms with E-state index in [1.165, 1.54) is 24.3 Å². The first-order valence-electron chi connectivity index (χ1n) is 7.88. The van der Waals surface area contributed by atoms with Crippen LogP contribution < -0.4 is 16.2 Å². The molecule has 0 spiro atoms. The van der Waals surface area contributed by atoms with Crippen LogP contribution in [-0.2, 0) is 0 Å². The Morgan fingerprint density at radius 1 is 1.07 bits per heavy atom. The number of aromatic nitrogens is 2. The van der Waals surface area contributed by atoms with Gasteiger partial charge in [0.1, 0.15) is 18.0 Å². The number of nitro groups is 1. The molecule has 12 heteroatoms. The van der Waals surface area contributed by atoms with Gasteiger partial charge >= 0.3 is 5.69 Å². The number of carbonyl (C=O) groups excluding carboxylic acids is 1. The van der Waals surface area contributed by atoms with Gasteiger partial charge in [0, 0.05) is 16.7 Å². The van der Waals surface area contributed by atoms with Gasteiger partial charge in [0.25, 0.3) is 5.91 Å². The highest BCUT2D eigenvalue weighted by molar-refractivity contribution is 6.30. The molecule has 3 aromatic rings. The Balaban J connectivity index is 1.83. The summed E-state index contributed by atoms with van der Waals surface area (Å²) in [5, 5.41) is 14.3. The van der Waals surface area contributed by atoms with E-state index in [0.717, 1.165) is 18.5 Å². The Bertz CT molecular complexity index is 1080. The Labute approximate surface area is 166 Å². The van der Waals surface area contributed by atoms with E-state index in [1.54, 1.807) is 0 Å². The van der Waals surface area contributed by atoms with Crippen molar-refractivity contribution in [1.82, 2.24) is 15.4 Å². The maximum Gasteiger partial charge on any atom is 0.355 e. The van der Waals surface area contributed by atoms with Gasteiger partial charge in [-0.1, -0.05) is 11.6 Å². The molecule has 0 fully saturated rings. The minimum Gasteiger partial charge on any atom is -0.332 e. The molecule has 3 N–H and O–H groups in total. The number of hydrogen-bond acceptors (Lipinski definition) is 7. The van der Waals surface area contributed by atoms with Crippen molar-refractivity contribution in [3.8, 4) is 0 Å². The number of amides is 1. The first-order valence-corrected chi connectivity index (χ1v) is 8.26. The number of benzene rings is 2. The summed E-state index contributed by atoms with van der Waals surface area (Å²) in [4.78, 5) is 30.2. The predicted octanol–water partition coefficient (Wildman–Crippen LogP) is 3.82. The molecule has 0 saturated heterocycles. The fraction of sp³-hybridized carbons (Fsp3) is 0. The van der Waals surface area contributed by atoms with Gasteiger partial charge < -0.3 is 5.32 Å². The number of carbonyl (C=O) groups is 1. The molecule has 0 aliphatic carbocycles. The molecule has 3 rings (SSSR count). The van der Waals surface area contributed by atoms with Crippen molar-refractivity contribution in [3.63, 3.8) is 0 Å². The molecule has 1 heterocycles. The van der Waals surface area contributed by atoms with Gasteiger partial charge in [-0.15, -0.1) is 0 Å². The Kier molecular flexibility index (Phi) is 5.79. The van der Waals surface area contributed by atoms with Gasteiger partial charge in [0.05, 0.1) is 10.6 Å². The average molecular weight is 421 g/mol. The molecule has 0 atom stereocenters. The van der Waals surface area contributed by atoms with Crippen LogP contribution in [0.3, 0.4) is 0 Å². The van der Waals surface area contributed by atoms with Crippen LogP contribution in [0.4, 0.5) is 31.8 Å². The molecule has 9 nitrogen and oxygen atoms in total. The summed E-state index contributed by atoms with van der Waals surface area (Å²) >= 11 is 5.75. The van der Waals surface area contributed by atoms with Crippen LogP contribution in [0.1, 0.15) is 10.4 Å². The van der Waals surface area contributed by atoms with Crippen molar-refractivity contribution >= 4 is 40.5 Å². The van der Waals surface area contributed by atoms with Crippen molar-refractivity contribution < 1.29 is 18.5 Å². The van der Waals surface area contributed by atoms with E-state index < -0.39 is 28.2 Å². The predicted molar refractivity (Wildman–Crippen MR) is 101 cm³/mol. The normalized spacial score (nSPS) is 10.3. The zero-order valence-electron chi connectivity index (χ0n) is 14.3. The molecule has 0 saturated carbocycles. The molecule has 1 amide bonds. The standard InChI is InChI=1S/C17H11ClF2N6O3/c18-10-3-1-9(2-4-10)17(27)25-24-16-14(26(28)29)15(21-8-22-16)23-13-6-5-11(19)7-12(13)20/h1-8H,(H,25,27)(H2,21,22,23,24). The number of hydrogen-bond donors (Lipinski definition) is 3. The minimum atomic E-state index is -0.969. The largest absolute Gasteiger partial charge is 0.355 e. The third-order valence-electron chi connectivity index (χ3n) is 3.59. The quantitative estimate of drug-likeness (QED) is 0.409. The van der Waals surface area contributed by atoms with Gasteiger partial charge in [-0.25, -0.2) is 18.7 Å². The van der Waals surface area contributed by atoms with Crippen LogP contribution in [0.5, 0.6) is 0 Å². The Hall–Kier alpha value is -3.86. The summed E-state index contributed by atoms with van der Waals surface area (Å²) in [7, 11) is 0. The number of halogens is 3. The Morgan fingerprint density at radius 2 is 1.76 bits per heavy atom. The van der Waals surface area contributed by atoms with Crippen molar-refractivity contribution in [2.75, 3.05) is 10.7 Å². The van der Waals surface area contributed by atoms with Crippen molar-refractivity contribution in [2.45, 2.75) is 0 Å². The lowest BCUT2D eigenvalue weighted by atomic mass is 10.2. The summed E-state index contributed by atoms with van der Waals surface area (Å²) < 4.78 is 26.9. The molecule has 1 aromatic heterocycles. The second-order valence-corrected chi connectivity index (χ2v) is 5.95. The van der Waals surface area contributed by atoms with Crippen molar-refractivity contribution in [1.29, 1.82) is 0 Å². The van der Waals surface area contributed by atoms with Crippen LogP contribution in [-0.4, -0.2) is 20.8 Å². The van der Waals surface area contributed by atoms with E-state index in [2.05, 4.69) is 26.1 Å². The van der Waals surface area contributed by atoms with E-state index >= 15 is 0 Å². The summed E-state index contributed by atoms with van der Waals surface area (Å²) in [6.07, 6.45) is 0.966. The molecule has 2 aromatic carbocycles. The number of nitrogens with zero attached hydrogens (tertiary/aromatic N) is 3. The van der Waals surface area contributed by atoms with Crippen molar-refractivity contribution in [3.05, 3.63) is 81.1 Å². The molecule has 148 valence electrons. The van der Waals surface area contributed by atoms with E-state index in [4.69, 9.17) is 11.6 Å². The van der Waals surface area contributed by atoms with Crippen LogP contribution in [0.15, 0.2) is 48.8 Å². The maximum absolute atomic E-state index is 13.8. The summed E-state index contributed by atoms with van der Waals surface area (Å²) in [5.74, 6) is -3.09. The molecule has 0 unspecified atom stereocenters.